The predicted molar refractivity (Wildman–Crippen MR) is 132 cm³/mol. The Labute approximate surface area is 198 Å². The van der Waals surface area contributed by atoms with Gasteiger partial charge in [0.05, 0.1) is 30.3 Å². The van der Waals surface area contributed by atoms with Gasteiger partial charge in [0, 0.05) is 24.9 Å². The molecule has 0 aromatic heterocycles. The quantitative estimate of drug-likeness (QED) is 0.553. The van der Waals surface area contributed by atoms with Crippen molar-refractivity contribution in [3.05, 3.63) is 88.5 Å². The van der Waals surface area contributed by atoms with Crippen molar-refractivity contribution in [3.63, 3.8) is 0 Å². The van der Waals surface area contributed by atoms with Crippen LogP contribution in [0.4, 0.5) is 0 Å². The first-order chi connectivity index (χ1) is 16.0. The largest absolute Gasteiger partial charge is 0.463 e. The molecule has 2 heterocycles. The summed E-state index contributed by atoms with van der Waals surface area (Å²) in [7, 11) is 1.79. The second-order valence-corrected chi connectivity index (χ2v) is 8.57. The fraction of sp³-hybridized carbons (Fsp3) is 0.269. The lowest BCUT2D eigenvalue weighted by atomic mass is 9.91. The lowest BCUT2D eigenvalue weighted by molar-refractivity contribution is -0.139. The molecule has 0 fully saturated rings. The summed E-state index contributed by atoms with van der Waals surface area (Å²) in [6, 6.07) is 19.1. The monoisotopic (exact) mass is 461 g/mol. The van der Waals surface area contributed by atoms with Gasteiger partial charge in [0.2, 0.25) is 5.91 Å². The summed E-state index contributed by atoms with van der Waals surface area (Å²) in [5.74, 6) is -0.380. The molecular formula is C26H27N3O3S. The van der Waals surface area contributed by atoms with Gasteiger partial charge in [-0.15, -0.1) is 0 Å². The van der Waals surface area contributed by atoms with Crippen LogP contribution in [-0.2, 0) is 14.3 Å². The normalized spacial score (nSPS) is 17.3. The van der Waals surface area contributed by atoms with E-state index in [4.69, 9.17) is 9.73 Å². The molecule has 2 aliphatic heterocycles. The van der Waals surface area contributed by atoms with Crippen molar-refractivity contribution in [3.8, 4) is 0 Å². The summed E-state index contributed by atoms with van der Waals surface area (Å²) in [5, 5.41) is 2.71. The molecule has 0 saturated carbocycles. The zero-order valence-electron chi connectivity index (χ0n) is 19.0. The highest BCUT2D eigenvalue weighted by Gasteiger charge is 2.42. The van der Waals surface area contributed by atoms with E-state index < -0.39 is 12.0 Å². The lowest BCUT2D eigenvalue weighted by Crippen LogP contribution is -2.38. The standard InChI is InChI=1S/C26H27N3O3S/c1-4-28(3)21(30)16-20-17-33-26-27-23(18-12-8-6-9-13-18)22(25(31)32-5-2)24(29(20)26)19-14-10-7-11-15-19/h6-15,17,24H,4-5,16H2,1-3H3. The maximum atomic E-state index is 13.4. The summed E-state index contributed by atoms with van der Waals surface area (Å²) >= 11 is 1.48. The number of aliphatic imine (C=N–C) groups is 1. The highest BCUT2D eigenvalue weighted by Crippen LogP contribution is 2.47. The molecule has 0 spiro atoms. The van der Waals surface area contributed by atoms with Gasteiger partial charge in [-0.1, -0.05) is 72.4 Å². The summed E-state index contributed by atoms with van der Waals surface area (Å²) in [6.07, 6.45) is 0.233. The summed E-state index contributed by atoms with van der Waals surface area (Å²) in [5.41, 5.74) is 3.69. The van der Waals surface area contributed by atoms with Crippen molar-refractivity contribution >= 4 is 34.5 Å². The fourth-order valence-corrected chi connectivity index (χ4v) is 4.82. The third-order valence-corrected chi connectivity index (χ3v) is 6.59. The van der Waals surface area contributed by atoms with Crippen molar-refractivity contribution < 1.29 is 14.3 Å². The SMILES string of the molecule is CCOC(=O)C1=C(c2ccccc2)N=C2SC=C(CC(=O)N(C)CC)N2C1c1ccccc1. The molecular weight excluding hydrogens is 434 g/mol. The molecule has 6 nitrogen and oxygen atoms in total. The Balaban J connectivity index is 1.87. The van der Waals surface area contributed by atoms with Crippen LogP contribution in [0.15, 0.2) is 82.3 Å². The van der Waals surface area contributed by atoms with E-state index in [2.05, 4.69) is 0 Å². The van der Waals surface area contributed by atoms with Crippen LogP contribution in [0.1, 0.15) is 37.4 Å². The van der Waals surface area contributed by atoms with Gasteiger partial charge in [-0.2, -0.15) is 0 Å². The highest BCUT2D eigenvalue weighted by molar-refractivity contribution is 8.16. The Morgan fingerprint density at radius 1 is 1.06 bits per heavy atom. The molecule has 0 radical (unpaired) electrons. The van der Waals surface area contributed by atoms with E-state index >= 15 is 0 Å². The number of hydrogen-bond donors (Lipinski definition) is 0. The molecule has 0 aliphatic carbocycles. The number of hydrogen-bond acceptors (Lipinski definition) is 6. The third-order valence-electron chi connectivity index (χ3n) is 5.70. The van der Waals surface area contributed by atoms with Gasteiger partial charge in [0.25, 0.3) is 0 Å². The Bertz CT molecular complexity index is 1130. The average molecular weight is 462 g/mol. The maximum Gasteiger partial charge on any atom is 0.338 e. The van der Waals surface area contributed by atoms with Crippen molar-refractivity contribution in [1.82, 2.24) is 9.80 Å². The first-order valence-electron chi connectivity index (χ1n) is 11.0. The second-order valence-electron chi connectivity index (χ2n) is 7.74. The number of thioether (sulfide) groups is 1. The van der Waals surface area contributed by atoms with Gasteiger partial charge in [-0.3, -0.25) is 4.79 Å². The molecule has 2 aromatic rings. The van der Waals surface area contributed by atoms with Gasteiger partial charge < -0.3 is 14.5 Å². The van der Waals surface area contributed by atoms with Crippen LogP contribution in [0.25, 0.3) is 5.70 Å². The van der Waals surface area contributed by atoms with Crippen LogP contribution in [0.2, 0.25) is 0 Å². The van der Waals surface area contributed by atoms with Crippen molar-refractivity contribution in [2.75, 3.05) is 20.2 Å². The summed E-state index contributed by atoms with van der Waals surface area (Å²) in [4.78, 5) is 34.7. The number of carbonyl (C=O) groups excluding carboxylic acids is 2. The molecule has 0 saturated heterocycles. The second kappa shape index (κ2) is 10.1. The zero-order chi connectivity index (χ0) is 23.4. The molecule has 4 rings (SSSR count). The number of rotatable bonds is 7. The third kappa shape index (κ3) is 4.59. The molecule has 2 aliphatic rings. The van der Waals surface area contributed by atoms with Crippen molar-refractivity contribution in [2.24, 2.45) is 4.99 Å². The maximum absolute atomic E-state index is 13.4. The Kier molecular flexibility index (Phi) is 6.99. The van der Waals surface area contributed by atoms with Gasteiger partial charge in [0.1, 0.15) is 0 Å². The van der Waals surface area contributed by atoms with Gasteiger partial charge in [0.15, 0.2) is 5.17 Å². The number of fused-ring (bicyclic) bond motifs is 1. The average Bonchev–Trinajstić information content (AvgIpc) is 3.25. The molecule has 1 unspecified atom stereocenters. The van der Waals surface area contributed by atoms with Crippen molar-refractivity contribution in [2.45, 2.75) is 26.3 Å². The van der Waals surface area contributed by atoms with E-state index in [1.807, 2.05) is 77.9 Å². The first kappa shape index (κ1) is 22.9. The van der Waals surface area contributed by atoms with Gasteiger partial charge in [-0.25, -0.2) is 9.79 Å². The number of ether oxygens (including phenoxy) is 1. The van der Waals surface area contributed by atoms with Gasteiger partial charge >= 0.3 is 5.97 Å². The first-order valence-corrected chi connectivity index (χ1v) is 11.9. The number of amidine groups is 1. The smallest absolute Gasteiger partial charge is 0.338 e. The molecule has 33 heavy (non-hydrogen) atoms. The molecule has 170 valence electrons. The van der Waals surface area contributed by atoms with E-state index in [1.165, 1.54) is 11.8 Å². The predicted octanol–water partition coefficient (Wildman–Crippen LogP) is 4.83. The molecule has 0 N–H and O–H groups in total. The summed E-state index contributed by atoms with van der Waals surface area (Å²) in [6.45, 7) is 4.64. The highest BCUT2D eigenvalue weighted by atomic mass is 32.2. The van der Waals surface area contributed by atoms with Crippen LogP contribution in [0.5, 0.6) is 0 Å². The topological polar surface area (TPSA) is 62.2 Å². The minimum absolute atomic E-state index is 0.0212. The molecule has 0 bridgehead atoms. The fourth-order valence-electron chi connectivity index (χ4n) is 3.91. The molecule has 1 amide bonds. The van der Waals surface area contributed by atoms with E-state index in [-0.39, 0.29) is 18.9 Å². The molecule has 1 atom stereocenters. The van der Waals surface area contributed by atoms with E-state index in [0.717, 1.165) is 22.0 Å². The Morgan fingerprint density at radius 3 is 2.36 bits per heavy atom. The van der Waals surface area contributed by atoms with E-state index in [9.17, 15) is 9.59 Å². The number of benzene rings is 2. The minimum Gasteiger partial charge on any atom is -0.463 e. The Morgan fingerprint density at radius 2 is 1.73 bits per heavy atom. The number of esters is 1. The van der Waals surface area contributed by atoms with E-state index in [0.29, 0.717) is 17.8 Å². The number of nitrogens with zero attached hydrogens (tertiary/aromatic N) is 3. The van der Waals surface area contributed by atoms with Crippen LogP contribution >= 0.6 is 11.8 Å². The van der Waals surface area contributed by atoms with Gasteiger partial charge in [-0.05, 0) is 24.8 Å². The van der Waals surface area contributed by atoms with Crippen LogP contribution in [0.3, 0.4) is 0 Å². The number of amides is 1. The Hall–Kier alpha value is -3.32. The molecule has 2 aromatic carbocycles. The van der Waals surface area contributed by atoms with Crippen LogP contribution in [-0.4, -0.2) is 47.0 Å². The lowest BCUT2D eigenvalue weighted by Gasteiger charge is -2.37. The zero-order valence-corrected chi connectivity index (χ0v) is 19.8. The van der Waals surface area contributed by atoms with E-state index in [1.54, 1.807) is 18.9 Å². The van der Waals surface area contributed by atoms with Crippen LogP contribution in [0, 0.1) is 0 Å². The summed E-state index contributed by atoms with van der Waals surface area (Å²) < 4.78 is 5.51. The minimum atomic E-state index is -0.450. The molecule has 7 heteroatoms. The van der Waals surface area contributed by atoms with Crippen molar-refractivity contribution in [1.29, 1.82) is 0 Å². The van der Waals surface area contributed by atoms with Crippen LogP contribution < -0.4 is 0 Å². The number of carbonyl (C=O) groups is 2.